The molecular weight excluding hydrogens is 458 g/mol. The van der Waals surface area contributed by atoms with Crippen LogP contribution < -0.4 is 5.32 Å². The van der Waals surface area contributed by atoms with E-state index in [9.17, 15) is 19.2 Å². The predicted molar refractivity (Wildman–Crippen MR) is 135 cm³/mol. The summed E-state index contributed by atoms with van der Waals surface area (Å²) < 4.78 is 0. The van der Waals surface area contributed by atoms with Crippen LogP contribution in [0.15, 0.2) is 24.3 Å². The predicted octanol–water partition coefficient (Wildman–Crippen LogP) is 2.63. The van der Waals surface area contributed by atoms with Crippen molar-refractivity contribution in [2.45, 2.75) is 77.0 Å². The summed E-state index contributed by atoms with van der Waals surface area (Å²) in [6.45, 7) is 16.1. The minimum Gasteiger partial charge on any atom is -0.332 e. The van der Waals surface area contributed by atoms with Crippen molar-refractivity contribution in [3.05, 3.63) is 41.2 Å². The quantitative estimate of drug-likeness (QED) is 0.638. The van der Waals surface area contributed by atoms with Gasteiger partial charge in [0, 0.05) is 32.2 Å². The topological polar surface area (TPSA) is 94.4 Å². The van der Waals surface area contributed by atoms with E-state index in [1.54, 1.807) is 18.9 Å². The molecule has 9 nitrogen and oxygen atoms in total. The third-order valence-corrected chi connectivity index (χ3v) is 7.73. The van der Waals surface area contributed by atoms with Gasteiger partial charge >= 0.3 is 6.17 Å². The van der Waals surface area contributed by atoms with E-state index >= 15 is 0 Å². The number of hydrogen-bond donors (Lipinski definition) is 1. The van der Waals surface area contributed by atoms with Gasteiger partial charge < -0.3 is 15.1 Å². The zero-order valence-electron chi connectivity index (χ0n) is 21.7. The fraction of sp³-hybridized carbons (Fsp3) is 0.593. The number of fused-ring (bicyclic) bond motifs is 2. The van der Waals surface area contributed by atoms with Crippen LogP contribution in [0.5, 0.6) is 0 Å². The van der Waals surface area contributed by atoms with Crippen molar-refractivity contribution in [2.75, 3.05) is 25.5 Å². The molecule has 1 spiro atoms. The number of amides is 4. The second kappa shape index (κ2) is 9.23. The lowest BCUT2D eigenvalue weighted by molar-refractivity contribution is -0.150. The summed E-state index contributed by atoms with van der Waals surface area (Å²) in [6.07, 6.45) is 0.932. The summed E-state index contributed by atoms with van der Waals surface area (Å²) >= 11 is 0. The average molecular weight is 494 g/mol. The Balaban J connectivity index is 1.64. The molecule has 3 aliphatic rings. The average Bonchev–Trinajstić information content (AvgIpc) is 3.51. The lowest BCUT2D eigenvalue weighted by Crippen LogP contribution is -2.56. The Morgan fingerprint density at radius 1 is 1.28 bits per heavy atom. The molecule has 1 aromatic carbocycles. The highest BCUT2D eigenvalue weighted by Crippen LogP contribution is 2.47. The monoisotopic (exact) mass is 493 g/mol. The van der Waals surface area contributed by atoms with Crippen LogP contribution in [0.3, 0.4) is 0 Å². The summed E-state index contributed by atoms with van der Waals surface area (Å²) in [5, 5.41) is 2.91. The van der Waals surface area contributed by atoms with Crippen molar-refractivity contribution in [1.29, 1.82) is 0 Å². The van der Waals surface area contributed by atoms with Crippen molar-refractivity contribution < 1.29 is 19.2 Å². The van der Waals surface area contributed by atoms with E-state index in [0.717, 1.165) is 12.0 Å². The molecule has 4 amide bonds. The zero-order valence-corrected chi connectivity index (χ0v) is 21.7. The van der Waals surface area contributed by atoms with E-state index < -0.39 is 23.7 Å². The van der Waals surface area contributed by atoms with Gasteiger partial charge in [0.15, 0.2) is 0 Å². The highest BCUT2D eigenvalue weighted by Gasteiger charge is 2.59. The van der Waals surface area contributed by atoms with Gasteiger partial charge in [-0.15, -0.1) is 0 Å². The number of benzene rings is 1. The molecule has 0 bridgehead atoms. The van der Waals surface area contributed by atoms with E-state index in [2.05, 4.69) is 10.2 Å². The minimum atomic E-state index is -0.981. The van der Waals surface area contributed by atoms with Gasteiger partial charge in [0.25, 0.3) is 5.91 Å². The van der Waals surface area contributed by atoms with Crippen LogP contribution in [0.25, 0.3) is 4.85 Å². The molecular formula is C27H35N5O4. The van der Waals surface area contributed by atoms with Gasteiger partial charge in [0.1, 0.15) is 17.5 Å². The molecule has 2 fully saturated rings. The van der Waals surface area contributed by atoms with Crippen LogP contribution in [0.1, 0.15) is 58.9 Å². The number of nitrogens with one attached hydrogen (secondary N) is 1. The molecule has 3 heterocycles. The van der Waals surface area contributed by atoms with Crippen LogP contribution in [0.2, 0.25) is 0 Å². The van der Waals surface area contributed by atoms with Gasteiger partial charge in [-0.1, -0.05) is 39.0 Å². The van der Waals surface area contributed by atoms with Crippen molar-refractivity contribution in [3.8, 4) is 0 Å². The van der Waals surface area contributed by atoms with Gasteiger partial charge in [0.2, 0.25) is 17.7 Å². The van der Waals surface area contributed by atoms with E-state index in [1.165, 1.54) is 9.80 Å². The Kier molecular flexibility index (Phi) is 6.58. The lowest BCUT2D eigenvalue weighted by Gasteiger charge is -2.37. The van der Waals surface area contributed by atoms with Crippen molar-refractivity contribution in [3.63, 3.8) is 0 Å². The Hall–Kier alpha value is -3.41. The van der Waals surface area contributed by atoms with E-state index in [0.29, 0.717) is 25.1 Å². The first kappa shape index (κ1) is 25.7. The van der Waals surface area contributed by atoms with Crippen molar-refractivity contribution >= 4 is 29.3 Å². The summed E-state index contributed by atoms with van der Waals surface area (Å²) in [4.78, 5) is 61.2. The van der Waals surface area contributed by atoms with Crippen LogP contribution >= 0.6 is 0 Å². The number of likely N-dealkylation sites (N-methyl/N-ethyl adjacent to an activating group) is 1. The Bertz CT molecular complexity index is 1140. The van der Waals surface area contributed by atoms with Gasteiger partial charge in [-0.25, -0.2) is 6.57 Å². The summed E-state index contributed by atoms with van der Waals surface area (Å²) in [5.41, 5.74) is 0.246. The first-order valence-electron chi connectivity index (χ1n) is 12.5. The largest absolute Gasteiger partial charge is 0.332 e. The number of hydrogen-bond acceptors (Lipinski definition) is 4. The molecule has 4 rings (SSSR count). The molecule has 2 saturated heterocycles. The van der Waals surface area contributed by atoms with Crippen LogP contribution in [-0.2, 0) is 24.6 Å². The van der Waals surface area contributed by atoms with Crippen molar-refractivity contribution in [1.82, 2.24) is 14.7 Å². The molecule has 0 saturated carbocycles. The number of carbonyl (C=O) groups is 4. The highest BCUT2D eigenvalue weighted by atomic mass is 16.2. The van der Waals surface area contributed by atoms with E-state index in [-0.39, 0.29) is 42.0 Å². The standard InChI is InChI=1S/C27H35N5O4/c1-17(31-13-9-12-22(31)33)23(34)30(6)20(14-26(2,3)4)24(35)32-16-27(15-21(32)28-5)18-10-7-8-11-19(18)29-25(27)36/h7-8,10-11,17,20-21H,9,12-16H2,1-4,6H3,(H,29,36)/t17-,20-,21-,27-/m0/s1. The van der Waals surface area contributed by atoms with E-state index in [4.69, 9.17) is 6.57 Å². The third kappa shape index (κ3) is 4.34. The molecule has 4 atom stereocenters. The Morgan fingerprint density at radius 3 is 2.58 bits per heavy atom. The first-order chi connectivity index (χ1) is 16.9. The molecule has 1 N–H and O–H groups in total. The van der Waals surface area contributed by atoms with Gasteiger partial charge in [-0.05, 0) is 36.8 Å². The van der Waals surface area contributed by atoms with Gasteiger partial charge in [-0.2, -0.15) is 0 Å². The van der Waals surface area contributed by atoms with Crippen LogP contribution in [0.4, 0.5) is 5.69 Å². The summed E-state index contributed by atoms with van der Waals surface area (Å²) in [6, 6.07) is 5.91. The minimum absolute atomic E-state index is 0.0524. The first-order valence-corrected chi connectivity index (χ1v) is 12.5. The molecule has 3 aliphatic heterocycles. The molecule has 0 aromatic heterocycles. The summed E-state index contributed by atoms with van der Waals surface area (Å²) in [7, 11) is 1.60. The second-order valence-corrected chi connectivity index (χ2v) is 11.5. The van der Waals surface area contributed by atoms with E-state index in [1.807, 2.05) is 45.0 Å². The van der Waals surface area contributed by atoms with Crippen LogP contribution in [-0.4, -0.2) is 76.7 Å². The smallest absolute Gasteiger partial charge is 0.302 e. The third-order valence-electron chi connectivity index (χ3n) is 7.73. The number of rotatable bonds is 5. The number of likely N-dealkylation sites (tertiary alicyclic amines) is 2. The molecule has 0 radical (unpaired) electrons. The fourth-order valence-electron chi connectivity index (χ4n) is 5.78. The molecule has 0 aliphatic carbocycles. The lowest BCUT2D eigenvalue weighted by atomic mass is 9.80. The number of anilines is 1. The Labute approximate surface area is 212 Å². The molecule has 36 heavy (non-hydrogen) atoms. The maximum Gasteiger partial charge on any atom is 0.302 e. The highest BCUT2D eigenvalue weighted by molar-refractivity contribution is 6.07. The number of nitrogens with zero attached hydrogens (tertiary/aromatic N) is 4. The zero-order chi connectivity index (χ0) is 26.4. The molecule has 0 unspecified atom stereocenters. The maximum atomic E-state index is 14.1. The van der Waals surface area contributed by atoms with Crippen molar-refractivity contribution in [2.24, 2.45) is 5.41 Å². The normalized spacial score (nSPS) is 24.9. The van der Waals surface area contributed by atoms with Gasteiger partial charge in [0.05, 0.1) is 6.42 Å². The molecule has 9 heteroatoms. The fourth-order valence-corrected chi connectivity index (χ4v) is 5.78. The molecule has 192 valence electrons. The Morgan fingerprint density at radius 2 is 1.97 bits per heavy atom. The second-order valence-electron chi connectivity index (χ2n) is 11.5. The number of carbonyl (C=O) groups excluding carboxylic acids is 4. The number of para-hydroxylation sites is 1. The van der Waals surface area contributed by atoms with Crippen LogP contribution in [0, 0.1) is 12.0 Å². The maximum absolute atomic E-state index is 14.1. The summed E-state index contributed by atoms with van der Waals surface area (Å²) in [5.74, 6) is -0.894. The van der Waals surface area contributed by atoms with Gasteiger partial charge in [-0.3, -0.25) is 28.9 Å². The molecule has 1 aromatic rings. The SMILES string of the molecule is [C-]#[N+][C@@H]1C[C@@]2(CN1C(=O)[C@H](CC(C)(C)C)N(C)C(=O)[C@H](C)N1CCCC1=O)C(=O)Nc1ccccc12.